The van der Waals surface area contributed by atoms with Crippen molar-refractivity contribution in [3.05, 3.63) is 54.1 Å². The topological polar surface area (TPSA) is 87.7 Å². The van der Waals surface area contributed by atoms with E-state index >= 15 is 0 Å². The molecule has 1 aromatic heterocycles. The zero-order valence-corrected chi connectivity index (χ0v) is 16.2. The van der Waals surface area contributed by atoms with Crippen LogP contribution in [0.5, 0.6) is 5.75 Å². The van der Waals surface area contributed by atoms with E-state index in [1.54, 1.807) is 37.6 Å². The fourth-order valence-corrected chi connectivity index (χ4v) is 3.29. The molecular weight excluding hydrogens is 358 g/mol. The number of hydrogen-bond acceptors (Lipinski definition) is 6. The van der Waals surface area contributed by atoms with Gasteiger partial charge in [0.25, 0.3) is 0 Å². The van der Waals surface area contributed by atoms with E-state index in [0.717, 1.165) is 11.3 Å². The average molecular weight is 383 g/mol. The van der Waals surface area contributed by atoms with Gasteiger partial charge in [0.05, 0.1) is 38.0 Å². The second-order valence-electron chi connectivity index (χ2n) is 6.74. The van der Waals surface area contributed by atoms with Crippen LogP contribution in [0.15, 0.2) is 42.9 Å². The van der Waals surface area contributed by atoms with Crippen LogP contribution in [0.4, 0.5) is 0 Å². The van der Waals surface area contributed by atoms with Gasteiger partial charge in [0.15, 0.2) is 0 Å². The summed E-state index contributed by atoms with van der Waals surface area (Å²) in [6.45, 7) is 2.14. The molecule has 0 aliphatic carbocycles. The van der Waals surface area contributed by atoms with Crippen LogP contribution >= 0.6 is 0 Å². The van der Waals surface area contributed by atoms with Crippen molar-refractivity contribution >= 4 is 11.8 Å². The SMILES string of the molecule is COc1ccccc1CN1CCNC(=O)[C@H]1CC(=O)N(C)Cc1cnccn1. The molecule has 1 N–H and O–H groups in total. The fourth-order valence-electron chi connectivity index (χ4n) is 3.29. The van der Waals surface area contributed by atoms with Crippen molar-refractivity contribution in [3.8, 4) is 5.75 Å². The van der Waals surface area contributed by atoms with Crippen molar-refractivity contribution in [2.75, 3.05) is 27.2 Å². The lowest BCUT2D eigenvalue weighted by Gasteiger charge is -2.35. The molecule has 0 saturated carbocycles. The van der Waals surface area contributed by atoms with Crippen LogP contribution in [-0.4, -0.2) is 64.9 Å². The minimum atomic E-state index is -0.518. The number of nitrogens with one attached hydrogen (secondary N) is 1. The van der Waals surface area contributed by atoms with Crippen molar-refractivity contribution in [3.63, 3.8) is 0 Å². The number of benzene rings is 1. The Balaban J connectivity index is 1.68. The third-order valence-corrected chi connectivity index (χ3v) is 4.82. The number of carbonyl (C=O) groups excluding carboxylic acids is 2. The highest BCUT2D eigenvalue weighted by Crippen LogP contribution is 2.22. The van der Waals surface area contributed by atoms with Crippen molar-refractivity contribution in [1.29, 1.82) is 0 Å². The van der Waals surface area contributed by atoms with Gasteiger partial charge in [-0.25, -0.2) is 0 Å². The summed E-state index contributed by atoms with van der Waals surface area (Å²) in [5, 5.41) is 2.87. The van der Waals surface area contributed by atoms with Crippen molar-refractivity contribution < 1.29 is 14.3 Å². The molecule has 8 heteroatoms. The first-order valence-electron chi connectivity index (χ1n) is 9.21. The maximum atomic E-state index is 12.7. The normalized spacial score (nSPS) is 17.1. The Bertz CT molecular complexity index is 814. The maximum Gasteiger partial charge on any atom is 0.237 e. The van der Waals surface area contributed by atoms with Crippen LogP contribution in [-0.2, 0) is 22.7 Å². The zero-order valence-electron chi connectivity index (χ0n) is 16.2. The summed E-state index contributed by atoms with van der Waals surface area (Å²) < 4.78 is 5.42. The first-order valence-corrected chi connectivity index (χ1v) is 9.21. The first kappa shape index (κ1) is 19.8. The molecule has 0 spiro atoms. The van der Waals surface area contributed by atoms with Gasteiger partial charge in [-0.15, -0.1) is 0 Å². The highest BCUT2D eigenvalue weighted by atomic mass is 16.5. The number of methoxy groups -OCH3 is 1. The molecule has 2 heterocycles. The number of carbonyl (C=O) groups is 2. The van der Waals surface area contributed by atoms with Crippen molar-refractivity contribution in [1.82, 2.24) is 25.1 Å². The molecule has 0 unspecified atom stereocenters. The second-order valence-corrected chi connectivity index (χ2v) is 6.74. The Morgan fingerprint density at radius 2 is 2.18 bits per heavy atom. The van der Waals surface area contributed by atoms with Crippen LogP contribution in [0.1, 0.15) is 17.7 Å². The minimum absolute atomic E-state index is 0.109. The summed E-state index contributed by atoms with van der Waals surface area (Å²) in [7, 11) is 3.34. The summed E-state index contributed by atoms with van der Waals surface area (Å²) in [6.07, 6.45) is 4.92. The van der Waals surface area contributed by atoms with Crippen molar-refractivity contribution in [2.45, 2.75) is 25.6 Å². The summed E-state index contributed by atoms with van der Waals surface area (Å²) >= 11 is 0. The minimum Gasteiger partial charge on any atom is -0.496 e. The van der Waals surface area contributed by atoms with E-state index in [9.17, 15) is 9.59 Å². The highest BCUT2D eigenvalue weighted by Gasteiger charge is 2.32. The van der Waals surface area contributed by atoms with E-state index in [2.05, 4.69) is 15.3 Å². The molecule has 2 amide bonds. The molecule has 8 nitrogen and oxygen atoms in total. The Hall–Kier alpha value is -3.00. The van der Waals surface area contributed by atoms with E-state index in [1.807, 2.05) is 29.2 Å². The number of amides is 2. The number of ether oxygens (including phenoxy) is 1. The molecule has 2 aromatic rings. The predicted molar refractivity (Wildman–Crippen MR) is 103 cm³/mol. The monoisotopic (exact) mass is 383 g/mol. The van der Waals surface area contributed by atoms with Gasteiger partial charge in [-0.3, -0.25) is 24.5 Å². The van der Waals surface area contributed by atoms with Gasteiger partial charge in [0.1, 0.15) is 5.75 Å². The quantitative estimate of drug-likeness (QED) is 0.762. The van der Waals surface area contributed by atoms with E-state index in [1.165, 1.54) is 0 Å². The van der Waals surface area contributed by atoms with Gasteiger partial charge < -0.3 is 15.0 Å². The standard InChI is InChI=1S/C20H25N5O3/c1-24(14-16-12-21-7-8-22-16)19(26)11-17-20(27)23-9-10-25(17)13-15-5-3-4-6-18(15)28-2/h3-8,12,17H,9-11,13-14H2,1-2H3,(H,23,27)/t17-/m1/s1. The second kappa shape index (κ2) is 9.27. The Morgan fingerprint density at radius 3 is 2.93 bits per heavy atom. The summed E-state index contributed by atoms with van der Waals surface area (Å²) in [4.78, 5) is 37.0. The number of nitrogens with zero attached hydrogens (tertiary/aromatic N) is 4. The van der Waals surface area contributed by atoms with Gasteiger partial charge in [0, 0.05) is 44.6 Å². The first-order chi connectivity index (χ1) is 13.6. The Labute approximate surface area is 164 Å². The number of para-hydroxylation sites is 1. The van der Waals surface area contributed by atoms with E-state index < -0.39 is 6.04 Å². The molecule has 0 bridgehead atoms. The van der Waals surface area contributed by atoms with Gasteiger partial charge in [0.2, 0.25) is 11.8 Å². The van der Waals surface area contributed by atoms with Crippen LogP contribution in [0.2, 0.25) is 0 Å². The third kappa shape index (κ3) is 4.83. The molecule has 1 saturated heterocycles. The largest absolute Gasteiger partial charge is 0.496 e. The Kier molecular flexibility index (Phi) is 6.54. The Morgan fingerprint density at radius 1 is 1.36 bits per heavy atom. The summed E-state index contributed by atoms with van der Waals surface area (Å²) in [5.74, 6) is 0.540. The smallest absolute Gasteiger partial charge is 0.237 e. The molecular formula is C20H25N5O3. The van der Waals surface area contributed by atoms with Crippen LogP contribution in [0, 0.1) is 0 Å². The molecule has 148 valence electrons. The molecule has 1 aliphatic rings. The van der Waals surface area contributed by atoms with Gasteiger partial charge in [-0.2, -0.15) is 0 Å². The molecule has 1 aromatic carbocycles. The van der Waals surface area contributed by atoms with Gasteiger partial charge in [-0.1, -0.05) is 18.2 Å². The average Bonchev–Trinajstić information content (AvgIpc) is 2.71. The van der Waals surface area contributed by atoms with Gasteiger partial charge in [-0.05, 0) is 6.07 Å². The fraction of sp³-hybridized carbons (Fsp3) is 0.400. The number of rotatable bonds is 7. The van der Waals surface area contributed by atoms with Crippen LogP contribution < -0.4 is 10.1 Å². The maximum absolute atomic E-state index is 12.7. The highest BCUT2D eigenvalue weighted by molar-refractivity contribution is 5.88. The van der Waals surface area contributed by atoms with E-state index in [0.29, 0.717) is 31.9 Å². The van der Waals surface area contributed by atoms with Gasteiger partial charge >= 0.3 is 0 Å². The number of aromatic nitrogens is 2. The molecule has 3 rings (SSSR count). The van der Waals surface area contributed by atoms with Crippen LogP contribution in [0.3, 0.4) is 0 Å². The lowest BCUT2D eigenvalue weighted by molar-refractivity contribution is -0.138. The van der Waals surface area contributed by atoms with Crippen molar-refractivity contribution in [2.24, 2.45) is 0 Å². The number of hydrogen-bond donors (Lipinski definition) is 1. The summed E-state index contributed by atoms with van der Waals surface area (Å²) in [5.41, 5.74) is 1.70. The molecule has 1 atom stereocenters. The van der Waals surface area contributed by atoms with Crippen LogP contribution in [0.25, 0.3) is 0 Å². The third-order valence-electron chi connectivity index (χ3n) is 4.82. The zero-order chi connectivity index (χ0) is 19.9. The number of piperazine rings is 1. The molecule has 1 fully saturated rings. The lowest BCUT2D eigenvalue weighted by atomic mass is 10.1. The lowest BCUT2D eigenvalue weighted by Crippen LogP contribution is -2.56. The predicted octanol–water partition coefficient (Wildman–Crippen LogP) is 0.834. The molecule has 1 aliphatic heterocycles. The van der Waals surface area contributed by atoms with E-state index in [-0.39, 0.29) is 18.2 Å². The summed E-state index contributed by atoms with van der Waals surface area (Å²) in [6, 6.07) is 7.21. The molecule has 0 radical (unpaired) electrons. The van der Waals surface area contributed by atoms with E-state index in [4.69, 9.17) is 4.74 Å². The molecule has 28 heavy (non-hydrogen) atoms.